The number of aromatic nitrogens is 5. The van der Waals surface area contributed by atoms with Gasteiger partial charge < -0.3 is 9.64 Å². The number of anilines is 1. The van der Waals surface area contributed by atoms with Gasteiger partial charge in [0.05, 0.1) is 18.5 Å². The Labute approximate surface area is 211 Å². The number of hydrogen-bond donors (Lipinski definition) is 1. The van der Waals surface area contributed by atoms with Gasteiger partial charge in [-0.05, 0) is 62.2 Å². The normalized spacial score (nSPS) is 19.2. The number of H-pyrrole nitrogens is 1. The molecule has 1 N–H and O–H groups in total. The lowest BCUT2D eigenvalue weighted by atomic mass is 9.86. The lowest BCUT2D eigenvalue weighted by Crippen LogP contribution is -2.68. The Morgan fingerprint density at radius 1 is 0.972 bits per heavy atom. The summed E-state index contributed by atoms with van der Waals surface area (Å²) in [5, 5.41) is 7.34. The lowest BCUT2D eigenvalue weighted by Gasteiger charge is -2.56. The summed E-state index contributed by atoms with van der Waals surface area (Å²) in [4.78, 5) is 19.3. The van der Waals surface area contributed by atoms with E-state index in [4.69, 9.17) is 14.7 Å². The number of pyridine rings is 1. The number of methoxy groups -OCH3 is 1. The fourth-order valence-electron chi connectivity index (χ4n) is 5.38. The first-order valence-electron chi connectivity index (χ1n) is 12.5. The van der Waals surface area contributed by atoms with E-state index in [1.165, 1.54) is 12.0 Å². The minimum absolute atomic E-state index is 0.570. The highest BCUT2D eigenvalue weighted by molar-refractivity contribution is 5.57. The molecule has 8 heteroatoms. The molecule has 0 aliphatic carbocycles. The highest BCUT2D eigenvalue weighted by Gasteiger charge is 2.44. The summed E-state index contributed by atoms with van der Waals surface area (Å²) in [5.74, 6) is 2.64. The number of nitrogens with one attached hydrogen (secondary N) is 1. The van der Waals surface area contributed by atoms with E-state index in [2.05, 4.69) is 55.3 Å². The number of rotatable bonds is 7. The molecule has 3 fully saturated rings. The quantitative estimate of drug-likeness (QED) is 0.428. The summed E-state index contributed by atoms with van der Waals surface area (Å²) in [6, 6.07) is 17.8. The van der Waals surface area contributed by atoms with Crippen LogP contribution in [0.4, 0.5) is 5.82 Å². The number of piperidine rings is 1. The lowest BCUT2D eigenvalue weighted by molar-refractivity contribution is -0.00868. The molecular weight excluding hydrogens is 450 g/mol. The Morgan fingerprint density at radius 2 is 1.78 bits per heavy atom. The molecule has 6 heterocycles. The van der Waals surface area contributed by atoms with E-state index in [-0.39, 0.29) is 0 Å². The van der Waals surface area contributed by atoms with Crippen LogP contribution in [-0.4, -0.2) is 62.3 Å². The van der Waals surface area contributed by atoms with Gasteiger partial charge in [-0.25, -0.2) is 15.0 Å². The number of aryl methyl sites for hydroxylation is 2. The first kappa shape index (κ1) is 22.7. The van der Waals surface area contributed by atoms with Gasteiger partial charge in [-0.1, -0.05) is 12.1 Å². The van der Waals surface area contributed by atoms with Crippen LogP contribution < -0.4 is 9.64 Å². The standard InChI is InChI=1S/C28H31N7O/c1-18-10-22(12-23-11-19(2)32-33-23)31-28(30-18)21-6-9-27(29-14-21)34-16-24-13-25(17-34)35(24)15-20-4-7-26(36-3)8-5-20/h4-11,14,24-25H,12-13,15-17H2,1-3H3,(H,32,33). The molecule has 0 saturated carbocycles. The number of benzene rings is 1. The van der Waals surface area contributed by atoms with Crippen molar-refractivity contribution in [2.75, 3.05) is 25.1 Å². The smallest absolute Gasteiger partial charge is 0.161 e. The van der Waals surface area contributed by atoms with Crippen LogP contribution in [0.5, 0.6) is 5.75 Å². The van der Waals surface area contributed by atoms with Crippen LogP contribution in [-0.2, 0) is 13.0 Å². The number of aromatic amines is 1. The van der Waals surface area contributed by atoms with Crippen LogP contribution in [0.3, 0.4) is 0 Å². The molecule has 2 atom stereocenters. The van der Waals surface area contributed by atoms with Crippen molar-refractivity contribution >= 4 is 5.82 Å². The molecular formula is C28H31N7O. The van der Waals surface area contributed by atoms with E-state index in [0.717, 1.165) is 59.5 Å². The Hall–Kier alpha value is -3.78. The van der Waals surface area contributed by atoms with Crippen LogP contribution in [0, 0.1) is 13.8 Å². The first-order chi connectivity index (χ1) is 17.5. The Bertz CT molecular complexity index is 1340. The van der Waals surface area contributed by atoms with Gasteiger partial charge in [-0.2, -0.15) is 5.10 Å². The second-order valence-corrected chi connectivity index (χ2v) is 9.92. The SMILES string of the molecule is COc1ccc(CN2C3CC2CN(c2ccc(-c4nc(C)cc(Cc5cc(C)[nH]n5)n4)cn2)C3)cc1. The number of ether oxygens (including phenoxy) is 1. The van der Waals surface area contributed by atoms with Gasteiger partial charge in [0.25, 0.3) is 0 Å². The van der Waals surface area contributed by atoms with E-state index in [1.54, 1.807) is 7.11 Å². The summed E-state index contributed by atoms with van der Waals surface area (Å²) >= 11 is 0. The molecule has 3 aromatic heterocycles. The minimum atomic E-state index is 0.570. The Balaban J connectivity index is 1.11. The Kier molecular flexibility index (Phi) is 5.89. The number of piperazine rings is 1. The minimum Gasteiger partial charge on any atom is -0.497 e. The predicted octanol–water partition coefficient (Wildman–Crippen LogP) is 3.94. The van der Waals surface area contributed by atoms with Gasteiger partial charge in [0.2, 0.25) is 0 Å². The van der Waals surface area contributed by atoms with Crippen LogP contribution >= 0.6 is 0 Å². The van der Waals surface area contributed by atoms with E-state index < -0.39 is 0 Å². The summed E-state index contributed by atoms with van der Waals surface area (Å²) < 4.78 is 5.29. The van der Waals surface area contributed by atoms with Crippen molar-refractivity contribution in [1.82, 2.24) is 30.0 Å². The van der Waals surface area contributed by atoms with Crippen molar-refractivity contribution in [3.8, 4) is 17.1 Å². The molecule has 3 aliphatic rings. The maximum atomic E-state index is 5.29. The molecule has 0 spiro atoms. The monoisotopic (exact) mass is 481 g/mol. The summed E-state index contributed by atoms with van der Waals surface area (Å²) in [6.07, 6.45) is 3.85. The molecule has 0 amide bonds. The van der Waals surface area contributed by atoms with Gasteiger partial charge in [0.1, 0.15) is 11.6 Å². The molecule has 2 unspecified atom stereocenters. The number of fused-ring (bicyclic) bond motifs is 2. The van der Waals surface area contributed by atoms with Crippen LogP contribution in [0.25, 0.3) is 11.4 Å². The molecule has 4 aromatic rings. The van der Waals surface area contributed by atoms with Crippen molar-refractivity contribution in [1.29, 1.82) is 0 Å². The van der Waals surface area contributed by atoms with Crippen LogP contribution in [0.15, 0.2) is 54.7 Å². The second-order valence-electron chi connectivity index (χ2n) is 9.92. The molecule has 3 saturated heterocycles. The van der Waals surface area contributed by atoms with Crippen LogP contribution in [0.2, 0.25) is 0 Å². The number of nitrogens with zero attached hydrogens (tertiary/aromatic N) is 6. The molecule has 1 aromatic carbocycles. The highest BCUT2D eigenvalue weighted by atomic mass is 16.5. The van der Waals surface area contributed by atoms with Gasteiger partial charge in [0, 0.05) is 61.3 Å². The van der Waals surface area contributed by atoms with Crippen molar-refractivity contribution < 1.29 is 4.74 Å². The average Bonchev–Trinajstić information content (AvgIpc) is 3.31. The van der Waals surface area contributed by atoms with Gasteiger partial charge in [0.15, 0.2) is 5.82 Å². The summed E-state index contributed by atoms with van der Waals surface area (Å²) in [7, 11) is 1.71. The first-order valence-corrected chi connectivity index (χ1v) is 12.5. The van der Waals surface area contributed by atoms with E-state index in [9.17, 15) is 0 Å². The fourth-order valence-corrected chi connectivity index (χ4v) is 5.38. The maximum Gasteiger partial charge on any atom is 0.161 e. The molecule has 7 rings (SSSR count). The number of hydrogen-bond acceptors (Lipinski definition) is 7. The Morgan fingerprint density at radius 3 is 2.44 bits per heavy atom. The van der Waals surface area contributed by atoms with Gasteiger partial charge in [-0.3, -0.25) is 10.00 Å². The molecule has 184 valence electrons. The molecule has 2 bridgehead atoms. The predicted molar refractivity (Wildman–Crippen MR) is 139 cm³/mol. The van der Waals surface area contributed by atoms with Crippen molar-refractivity contribution in [3.63, 3.8) is 0 Å². The molecule has 3 aliphatic heterocycles. The average molecular weight is 482 g/mol. The zero-order chi connectivity index (χ0) is 24.6. The van der Waals surface area contributed by atoms with E-state index in [1.807, 2.05) is 38.2 Å². The van der Waals surface area contributed by atoms with Gasteiger partial charge >= 0.3 is 0 Å². The van der Waals surface area contributed by atoms with Crippen molar-refractivity contribution in [2.45, 2.75) is 45.3 Å². The topological polar surface area (TPSA) is 83.1 Å². The van der Waals surface area contributed by atoms with E-state index >= 15 is 0 Å². The second kappa shape index (κ2) is 9.35. The largest absolute Gasteiger partial charge is 0.497 e. The van der Waals surface area contributed by atoms with Crippen molar-refractivity contribution in [3.05, 3.63) is 83.1 Å². The zero-order valence-electron chi connectivity index (χ0n) is 21.0. The fraction of sp³-hybridized carbons (Fsp3) is 0.357. The zero-order valence-corrected chi connectivity index (χ0v) is 21.0. The van der Waals surface area contributed by atoms with Crippen LogP contribution in [0.1, 0.15) is 34.8 Å². The summed E-state index contributed by atoms with van der Waals surface area (Å²) in [6.45, 7) is 7.01. The maximum absolute atomic E-state index is 5.29. The van der Waals surface area contributed by atoms with Gasteiger partial charge in [-0.15, -0.1) is 0 Å². The molecule has 8 nitrogen and oxygen atoms in total. The third kappa shape index (κ3) is 4.56. The molecule has 0 radical (unpaired) electrons. The third-order valence-electron chi connectivity index (χ3n) is 7.23. The summed E-state index contributed by atoms with van der Waals surface area (Å²) in [5.41, 5.74) is 6.21. The third-order valence-corrected chi connectivity index (χ3v) is 7.23. The molecule has 36 heavy (non-hydrogen) atoms. The highest BCUT2D eigenvalue weighted by Crippen LogP contribution is 2.35. The van der Waals surface area contributed by atoms with E-state index in [0.29, 0.717) is 24.3 Å². The van der Waals surface area contributed by atoms with Crippen molar-refractivity contribution in [2.24, 2.45) is 0 Å².